The molecule has 3 amide bonds. The van der Waals surface area contributed by atoms with Crippen molar-refractivity contribution in [2.45, 2.75) is 145 Å². The molecule has 3 saturated carbocycles. The number of fused-ring (bicyclic) bond motifs is 6. The molecular formula is C85H94N8O17S3. The molecule has 5 aliphatic heterocycles. The lowest BCUT2D eigenvalue weighted by atomic mass is 9.56. The Morgan fingerprint density at radius 3 is 1.45 bits per heavy atom. The number of para-hydroxylation sites is 3. The van der Waals surface area contributed by atoms with Gasteiger partial charge in [0.1, 0.15) is 72.9 Å². The topological polar surface area (TPSA) is 273 Å². The Hall–Kier alpha value is -10.3. The summed E-state index contributed by atoms with van der Waals surface area (Å²) in [7, 11) is 1.13. The Labute approximate surface area is 660 Å². The van der Waals surface area contributed by atoms with Crippen molar-refractivity contribution < 1.29 is 77.9 Å². The van der Waals surface area contributed by atoms with Gasteiger partial charge in [-0.25, -0.2) is 25.3 Å². The zero-order valence-corrected chi connectivity index (χ0v) is 67.2. The number of nitrogens with zero attached hydrogens (tertiary/aromatic N) is 7. The third-order valence-electron chi connectivity index (χ3n) is 25.3. The van der Waals surface area contributed by atoms with Gasteiger partial charge in [0.15, 0.2) is 0 Å². The fourth-order valence-corrected chi connectivity index (χ4v) is 22.8. The summed E-state index contributed by atoms with van der Waals surface area (Å²) >= 11 is 0. The van der Waals surface area contributed by atoms with E-state index in [-0.39, 0.29) is 111 Å². The van der Waals surface area contributed by atoms with Crippen molar-refractivity contribution in [3.63, 3.8) is 0 Å². The molecule has 3 aliphatic carbocycles. The normalized spacial score (nSPS) is 22.2. The number of aromatic hydroxyl groups is 1. The van der Waals surface area contributed by atoms with Gasteiger partial charge in [0.25, 0.3) is 30.1 Å². The van der Waals surface area contributed by atoms with Gasteiger partial charge < -0.3 is 63.2 Å². The van der Waals surface area contributed by atoms with E-state index in [1.807, 2.05) is 55.6 Å². The van der Waals surface area contributed by atoms with Gasteiger partial charge in [0.2, 0.25) is 17.7 Å². The number of piperidine rings is 2. The lowest BCUT2D eigenvalue weighted by molar-refractivity contribution is -0.130. The third-order valence-corrected chi connectivity index (χ3v) is 30.8. The molecule has 0 radical (unpaired) electrons. The van der Waals surface area contributed by atoms with Crippen LogP contribution in [0.3, 0.4) is 0 Å². The number of hydrogen-bond donors (Lipinski definition) is 2. The summed E-state index contributed by atoms with van der Waals surface area (Å²) in [6.07, 6.45) is 5.11. The van der Waals surface area contributed by atoms with E-state index in [0.717, 1.165) is 24.0 Å². The predicted octanol–water partition coefficient (Wildman–Crippen LogP) is 11.9. The number of phenolic OH excluding ortho intramolecular Hbond substituents is 1. The second-order valence-corrected chi connectivity index (χ2v) is 37.0. The first-order valence-corrected chi connectivity index (χ1v) is 42.6. The molecule has 4 unspecified atom stereocenters. The molecule has 25 nitrogen and oxygen atoms in total. The quantitative estimate of drug-likeness (QED) is 0.0538. The number of sulfonamides is 3. The molecule has 2 N–H and O–H groups in total. The highest BCUT2D eigenvalue weighted by Crippen LogP contribution is 2.63. The smallest absolute Gasteiger partial charge is 0.268 e. The van der Waals surface area contributed by atoms with Crippen molar-refractivity contribution in [1.82, 2.24) is 9.80 Å². The molecule has 8 aromatic carbocycles. The van der Waals surface area contributed by atoms with Crippen molar-refractivity contribution in [3.8, 4) is 46.0 Å². The molecule has 5 fully saturated rings. The number of rotatable bonds is 25. The Morgan fingerprint density at radius 2 is 0.938 bits per heavy atom. The lowest BCUT2D eigenvalue weighted by Gasteiger charge is -2.52. The number of hydrogen-bond acceptors (Lipinski definition) is 19. The number of carbonyl (C=O) groups excluding carboxylic acids is 3. The van der Waals surface area contributed by atoms with E-state index in [4.69, 9.17) is 33.2 Å². The van der Waals surface area contributed by atoms with Crippen LogP contribution in [0.1, 0.15) is 105 Å². The number of likely N-dealkylation sites (tertiary alicyclic amines) is 2. The molecule has 28 heteroatoms. The van der Waals surface area contributed by atoms with Crippen LogP contribution in [0.4, 0.5) is 34.1 Å². The van der Waals surface area contributed by atoms with Crippen LogP contribution in [0.2, 0.25) is 0 Å². The maximum atomic E-state index is 16.4. The maximum absolute atomic E-state index is 16.4. The number of ether oxygens (including phenoxy) is 7. The molecule has 8 aliphatic rings. The van der Waals surface area contributed by atoms with Gasteiger partial charge in [-0.1, -0.05) is 73.5 Å². The number of carbonyl (C=O) groups is 3. The first-order chi connectivity index (χ1) is 54.2. The van der Waals surface area contributed by atoms with Gasteiger partial charge >= 0.3 is 0 Å². The molecular weight excluding hydrogens is 1500 g/mol. The van der Waals surface area contributed by atoms with Gasteiger partial charge in [-0.15, -0.1) is 0 Å². The summed E-state index contributed by atoms with van der Waals surface area (Å²) in [5, 5.41) is 15.6. The van der Waals surface area contributed by atoms with Crippen molar-refractivity contribution in [1.29, 1.82) is 0 Å². The van der Waals surface area contributed by atoms with Crippen LogP contribution in [0.25, 0.3) is 0 Å². The number of likely N-dealkylation sites (N-methyl/N-ethyl adjacent to an activating group) is 1. The van der Waals surface area contributed by atoms with E-state index in [9.17, 15) is 23.1 Å². The minimum Gasteiger partial charge on any atom is -0.506 e. The van der Waals surface area contributed by atoms with E-state index in [1.165, 1.54) is 72.6 Å². The summed E-state index contributed by atoms with van der Waals surface area (Å²) in [4.78, 5) is 52.8. The summed E-state index contributed by atoms with van der Waals surface area (Å²) in [6.45, 7) is 1.08. The van der Waals surface area contributed by atoms with Crippen LogP contribution >= 0.6 is 0 Å². The molecule has 5 heterocycles. The van der Waals surface area contributed by atoms with E-state index in [0.29, 0.717) is 128 Å². The van der Waals surface area contributed by atoms with Crippen molar-refractivity contribution in [2.75, 3.05) is 111 Å². The number of methoxy groups -OCH3 is 5. The Morgan fingerprint density at radius 1 is 0.487 bits per heavy atom. The highest BCUT2D eigenvalue weighted by Gasteiger charge is 2.62. The average molecular weight is 1600 g/mol. The number of anilines is 6. The average Bonchev–Trinajstić information content (AvgIpc) is 1.56. The molecule has 8 aromatic rings. The van der Waals surface area contributed by atoms with Gasteiger partial charge in [-0.2, -0.15) is 0 Å². The Balaban J connectivity index is 0.754. The van der Waals surface area contributed by atoms with E-state index in [1.54, 1.807) is 109 Å². The van der Waals surface area contributed by atoms with E-state index < -0.39 is 64.6 Å². The van der Waals surface area contributed by atoms with Crippen LogP contribution in [0.5, 0.6) is 46.0 Å². The fourth-order valence-electron chi connectivity index (χ4n) is 18.5. The summed E-state index contributed by atoms with van der Waals surface area (Å²) < 4.78 is 138. The molecule has 0 bridgehead atoms. The first-order valence-electron chi connectivity index (χ1n) is 38.3. The van der Waals surface area contributed by atoms with Gasteiger partial charge in [-0.05, 0) is 178 Å². The Kier molecular flexibility index (Phi) is 19.9. The molecule has 4 atom stereocenters. The zero-order valence-electron chi connectivity index (χ0n) is 64.8. The minimum absolute atomic E-state index is 0.0191. The van der Waals surface area contributed by atoms with Gasteiger partial charge in [0.05, 0.1) is 106 Å². The van der Waals surface area contributed by atoms with Crippen LogP contribution in [-0.2, 0) is 73.8 Å². The van der Waals surface area contributed by atoms with Crippen LogP contribution in [0, 0.1) is 5.92 Å². The van der Waals surface area contributed by atoms with Crippen molar-refractivity contribution in [2.24, 2.45) is 5.92 Å². The highest BCUT2D eigenvalue weighted by molar-refractivity contribution is 7.93. The minimum atomic E-state index is -4.57. The standard InChI is InChI=1S/C85H94N8O17S3/c1-87-38-32-62(40-59(87)52-93(113(102,103)76-23-15-12-20-71(76)108-9)58-43-65-78(68(94)44-58)91(81(96)84(65)36-17-37-84)50-53-24-28-60(104-5)29-25-53)110-73-46-57(90(4)112(100,101)75-22-14-11-19-70(75)107-8)42-66-79(73)92(51-54-26-30-61(105-6)31-27-54)82(97)85(66)48-55(49-85)67-47-63(33-39-88(67)2)109-72-45-56(41-64-77(72)86-80(95)83(64)34-16-35-83)89(3)111(98,99)74-21-13-10-18-69(74)106-7/h10-15,18-31,41-46,55,59,62-63,67,94H,16-17,32-40,47-52H2,1-9H3,(H,86,95). The summed E-state index contributed by atoms with van der Waals surface area (Å²) in [5.74, 6) is 1.37. The predicted molar refractivity (Wildman–Crippen MR) is 428 cm³/mol. The SMILES string of the molecule is COc1ccc(CN2C(=O)C3(CCC3)c3cc(N(CC4CC(Oc5cc(N(C)S(=O)(=O)c6ccccc6OC)cc6c5N(Cc5ccc(OC)cc5)C(=O)C65CC(C6CC(Oc7cc(N(C)S(=O)(=O)c8ccccc8OC)cc8c7NC(=O)C87CCC7)CCN6C)C5)CCN4C)S(=O)(=O)c4ccccc4OC)cc(O)c32)cc1. The molecule has 0 aromatic heterocycles. The van der Waals surface area contributed by atoms with E-state index in [2.05, 4.69) is 22.2 Å². The molecule has 16 rings (SSSR count). The molecule has 3 spiro atoms. The van der Waals surface area contributed by atoms with Crippen molar-refractivity contribution >= 4 is 81.9 Å². The van der Waals surface area contributed by atoms with Crippen LogP contribution < -0.4 is 61.2 Å². The molecule has 594 valence electrons. The number of nitrogens with one attached hydrogen (secondary N) is 1. The second-order valence-electron chi connectivity index (χ2n) is 31.3. The fraction of sp³-hybridized carbons (Fsp3) is 0.400. The molecule has 2 saturated heterocycles. The highest BCUT2D eigenvalue weighted by atomic mass is 32.2. The van der Waals surface area contributed by atoms with Crippen molar-refractivity contribution in [3.05, 3.63) is 186 Å². The number of amides is 3. The van der Waals surface area contributed by atoms with E-state index >= 15 is 21.6 Å². The Bertz CT molecular complexity index is 5440. The van der Waals surface area contributed by atoms with Gasteiger partial charge in [-0.3, -0.25) is 27.3 Å². The van der Waals surface area contributed by atoms with Crippen LogP contribution in [0.15, 0.2) is 172 Å². The zero-order chi connectivity index (χ0) is 79.4. The first kappa shape index (κ1) is 76.7. The second kappa shape index (κ2) is 29.3. The number of phenols is 1. The monoisotopic (exact) mass is 1590 g/mol. The number of benzene rings is 8. The third kappa shape index (κ3) is 12.8. The summed E-state index contributed by atoms with van der Waals surface area (Å²) in [6, 6.07) is 43.4. The maximum Gasteiger partial charge on any atom is 0.268 e. The lowest BCUT2D eigenvalue weighted by Crippen LogP contribution is -2.57. The summed E-state index contributed by atoms with van der Waals surface area (Å²) in [5.41, 5.74) is 2.36. The van der Waals surface area contributed by atoms with Crippen LogP contribution in [-0.4, -0.2) is 166 Å². The van der Waals surface area contributed by atoms with Gasteiger partial charge in [0, 0.05) is 70.3 Å². The molecule has 113 heavy (non-hydrogen) atoms. The largest absolute Gasteiger partial charge is 0.506 e.